The largest absolute Gasteiger partial charge is 0.420 e. The zero-order valence-corrected chi connectivity index (χ0v) is 10.2. The Morgan fingerprint density at radius 3 is 2.72 bits per heavy atom. The lowest BCUT2D eigenvalue weighted by molar-refractivity contribution is -0.137. The summed E-state index contributed by atoms with van der Waals surface area (Å²) in [4.78, 5) is 5.63. The Balaban J connectivity index is 2.43. The van der Waals surface area contributed by atoms with E-state index >= 15 is 0 Å². The number of halogens is 3. The van der Waals surface area contributed by atoms with Gasteiger partial charge in [0.25, 0.3) is 0 Å². The standard InChI is InChI=1S/C12H16F3N3/c1-8-4-2-3-5-18(8)11-10(12(13,14)15)6-9(16)7-17-11/h6-8H,2-5,16H2,1H3. The summed E-state index contributed by atoms with van der Waals surface area (Å²) < 4.78 is 39.0. The van der Waals surface area contributed by atoms with Crippen LogP contribution in [0.25, 0.3) is 0 Å². The van der Waals surface area contributed by atoms with Crippen LogP contribution < -0.4 is 10.6 Å². The molecule has 1 saturated heterocycles. The highest BCUT2D eigenvalue weighted by molar-refractivity contribution is 5.55. The molecule has 0 aromatic carbocycles. The molecule has 0 spiro atoms. The summed E-state index contributed by atoms with van der Waals surface area (Å²) in [5, 5.41) is 0. The summed E-state index contributed by atoms with van der Waals surface area (Å²) >= 11 is 0. The van der Waals surface area contributed by atoms with Gasteiger partial charge >= 0.3 is 6.18 Å². The molecule has 100 valence electrons. The molecule has 1 atom stereocenters. The molecule has 1 aliphatic heterocycles. The minimum absolute atomic E-state index is 0.00361. The summed E-state index contributed by atoms with van der Waals surface area (Å²) in [5.74, 6) is 0.00361. The monoisotopic (exact) mass is 259 g/mol. The molecule has 2 rings (SSSR count). The highest BCUT2D eigenvalue weighted by atomic mass is 19.4. The zero-order valence-electron chi connectivity index (χ0n) is 10.2. The molecule has 1 aromatic rings. The molecule has 1 aromatic heterocycles. The second kappa shape index (κ2) is 4.66. The van der Waals surface area contributed by atoms with Crippen molar-refractivity contribution in [3.8, 4) is 0 Å². The predicted molar refractivity (Wildman–Crippen MR) is 64.3 cm³/mol. The molecule has 0 saturated carbocycles. The Morgan fingerprint density at radius 2 is 2.11 bits per heavy atom. The lowest BCUT2D eigenvalue weighted by Crippen LogP contribution is -2.39. The van der Waals surface area contributed by atoms with Gasteiger partial charge in [0.2, 0.25) is 0 Å². The number of anilines is 2. The maximum atomic E-state index is 13.0. The molecule has 1 fully saturated rings. The van der Waals surface area contributed by atoms with Crippen LogP contribution >= 0.6 is 0 Å². The van der Waals surface area contributed by atoms with Crippen LogP contribution in [0.15, 0.2) is 12.3 Å². The van der Waals surface area contributed by atoms with Crippen molar-refractivity contribution in [2.24, 2.45) is 0 Å². The molecule has 3 nitrogen and oxygen atoms in total. The van der Waals surface area contributed by atoms with Crippen molar-refractivity contribution >= 4 is 11.5 Å². The fraction of sp³-hybridized carbons (Fsp3) is 0.583. The van der Waals surface area contributed by atoms with E-state index in [1.54, 1.807) is 4.90 Å². The Morgan fingerprint density at radius 1 is 1.39 bits per heavy atom. The number of aromatic nitrogens is 1. The smallest absolute Gasteiger partial charge is 0.397 e. The van der Waals surface area contributed by atoms with Gasteiger partial charge in [-0.15, -0.1) is 0 Å². The van der Waals surface area contributed by atoms with E-state index in [2.05, 4.69) is 4.98 Å². The maximum Gasteiger partial charge on any atom is 0.420 e. The molecule has 2 heterocycles. The summed E-state index contributed by atoms with van der Waals surface area (Å²) in [6.45, 7) is 2.54. The summed E-state index contributed by atoms with van der Waals surface area (Å²) in [5.41, 5.74) is 4.71. The third kappa shape index (κ3) is 2.52. The number of pyridine rings is 1. The van der Waals surface area contributed by atoms with E-state index in [0.29, 0.717) is 6.54 Å². The fourth-order valence-electron chi connectivity index (χ4n) is 2.32. The van der Waals surface area contributed by atoms with Gasteiger partial charge in [0.1, 0.15) is 11.4 Å². The van der Waals surface area contributed by atoms with E-state index in [1.807, 2.05) is 6.92 Å². The number of nitrogens with zero attached hydrogens (tertiary/aromatic N) is 2. The van der Waals surface area contributed by atoms with Crippen LogP contribution in [0, 0.1) is 0 Å². The molecule has 0 aliphatic carbocycles. The van der Waals surface area contributed by atoms with E-state index in [0.717, 1.165) is 25.3 Å². The van der Waals surface area contributed by atoms with Gasteiger partial charge in [-0.1, -0.05) is 0 Å². The average molecular weight is 259 g/mol. The first-order chi connectivity index (χ1) is 8.39. The normalized spacial score (nSPS) is 21.1. The Hall–Kier alpha value is -1.46. The molecule has 6 heteroatoms. The van der Waals surface area contributed by atoms with Gasteiger partial charge in [0.15, 0.2) is 0 Å². The minimum atomic E-state index is -4.42. The zero-order chi connectivity index (χ0) is 13.3. The maximum absolute atomic E-state index is 13.0. The first kappa shape index (κ1) is 13.0. The minimum Gasteiger partial charge on any atom is -0.397 e. The SMILES string of the molecule is CC1CCCCN1c1ncc(N)cc1C(F)(F)F. The number of hydrogen-bond acceptors (Lipinski definition) is 3. The van der Waals surface area contributed by atoms with Crippen molar-refractivity contribution < 1.29 is 13.2 Å². The first-order valence-electron chi connectivity index (χ1n) is 5.99. The van der Waals surface area contributed by atoms with E-state index in [-0.39, 0.29) is 17.5 Å². The number of rotatable bonds is 1. The number of nitrogen functional groups attached to an aromatic ring is 1. The topological polar surface area (TPSA) is 42.2 Å². The lowest BCUT2D eigenvalue weighted by atomic mass is 10.0. The number of hydrogen-bond donors (Lipinski definition) is 1. The van der Waals surface area contributed by atoms with Gasteiger partial charge < -0.3 is 10.6 Å². The van der Waals surface area contributed by atoms with Gasteiger partial charge in [0.05, 0.1) is 11.9 Å². The predicted octanol–water partition coefficient (Wildman–Crippen LogP) is 3.06. The van der Waals surface area contributed by atoms with Crippen LogP contribution in [0.1, 0.15) is 31.7 Å². The van der Waals surface area contributed by atoms with Gasteiger partial charge in [-0.05, 0) is 32.3 Å². The number of piperidine rings is 1. The molecule has 1 aliphatic rings. The van der Waals surface area contributed by atoms with Crippen molar-refractivity contribution in [1.29, 1.82) is 0 Å². The van der Waals surface area contributed by atoms with Gasteiger partial charge in [0, 0.05) is 12.6 Å². The lowest BCUT2D eigenvalue weighted by Gasteiger charge is -2.35. The van der Waals surface area contributed by atoms with Gasteiger partial charge in [-0.2, -0.15) is 13.2 Å². The van der Waals surface area contributed by atoms with Gasteiger partial charge in [-0.3, -0.25) is 0 Å². The van der Waals surface area contributed by atoms with Gasteiger partial charge in [-0.25, -0.2) is 4.98 Å². The molecule has 18 heavy (non-hydrogen) atoms. The Bertz CT molecular complexity index is 431. The second-order valence-corrected chi connectivity index (χ2v) is 4.68. The van der Waals surface area contributed by atoms with Crippen molar-refractivity contribution in [2.45, 2.75) is 38.4 Å². The van der Waals surface area contributed by atoms with Crippen LogP contribution in [0.4, 0.5) is 24.7 Å². The van der Waals surface area contributed by atoms with E-state index in [9.17, 15) is 13.2 Å². The number of nitrogens with two attached hydrogens (primary N) is 1. The highest BCUT2D eigenvalue weighted by Gasteiger charge is 2.37. The van der Waals surface area contributed by atoms with E-state index in [4.69, 9.17) is 5.73 Å². The molecule has 0 radical (unpaired) electrons. The quantitative estimate of drug-likeness (QED) is 0.842. The molecular formula is C12H16F3N3. The van der Waals surface area contributed by atoms with Crippen LogP contribution in [0.5, 0.6) is 0 Å². The van der Waals surface area contributed by atoms with Crippen molar-refractivity contribution in [2.75, 3.05) is 17.2 Å². The van der Waals surface area contributed by atoms with E-state index < -0.39 is 11.7 Å². The molecular weight excluding hydrogens is 243 g/mol. The summed E-state index contributed by atoms with van der Waals surface area (Å²) in [7, 11) is 0. The van der Waals surface area contributed by atoms with Crippen molar-refractivity contribution in [3.05, 3.63) is 17.8 Å². The van der Waals surface area contributed by atoms with Crippen molar-refractivity contribution in [1.82, 2.24) is 4.98 Å². The first-order valence-corrected chi connectivity index (χ1v) is 5.99. The fourth-order valence-corrected chi connectivity index (χ4v) is 2.32. The Labute approximate surface area is 104 Å². The average Bonchev–Trinajstić information content (AvgIpc) is 2.29. The third-order valence-corrected chi connectivity index (χ3v) is 3.27. The van der Waals surface area contributed by atoms with Crippen LogP contribution in [-0.2, 0) is 6.18 Å². The molecule has 2 N–H and O–H groups in total. The van der Waals surface area contributed by atoms with Crippen molar-refractivity contribution in [3.63, 3.8) is 0 Å². The highest BCUT2D eigenvalue weighted by Crippen LogP contribution is 2.38. The summed E-state index contributed by atoms with van der Waals surface area (Å²) in [6, 6.07) is 1.04. The Kier molecular flexibility index (Phi) is 3.36. The van der Waals surface area contributed by atoms with E-state index in [1.165, 1.54) is 6.20 Å². The molecule has 0 amide bonds. The molecule has 0 bridgehead atoms. The summed E-state index contributed by atoms with van der Waals surface area (Å²) in [6.07, 6.45) is -0.300. The third-order valence-electron chi connectivity index (χ3n) is 3.27. The number of alkyl halides is 3. The second-order valence-electron chi connectivity index (χ2n) is 4.68. The van der Waals surface area contributed by atoms with Crippen LogP contribution in [0.3, 0.4) is 0 Å². The van der Waals surface area contributed by atoms with Crippen LogP contribution in [0.2, 0.25) is 0 Å². The molecule has 1 unspecified atom stereocenters. The van der Waals surface area contributed by atoms with Crippen LogP contribution in [-0.4, -0.2) is 17.6 Å².